The highest BCUT2D eigenvalue weighted by molar-refractivity contribution is 6.34. The SMILES string of the molecule is CCNc1c(Cl)cc(C(=O)N(C)CCC#N)cc1[N+](=O)[O-]. The zero-order valence-corrected chi connectivity index (χ0v) is 12.5. The van der Waals surface area contributed by atoms with Gasteiger partial charge in [-0.3, -0.25) is 14.9 Å². The molecule has 0 radical (unpaired) electrons. The molecule has 0 fully saturated rings. The first-order valence-electron chi connectivity index (χ1n) is 6.26. The molecular weight excluding hydrogens is 296 g/mol. The molecule has 0 atom stereocenters. The molecule has 0 aromatic heterocycles. The minimum absolute atomic E-state index is 0.114. The molecule has 0 bridgehead atoms. The van der Waals surface area contributed by atoms with Gasteiger partial charge < -0.3 is 10.2 Å². The molecule has 112 valence electrons. The van der Waals surface area contributed by atoms with Crippen LogP contribution in [0.5, 0.6) is 0 Å². The Morgan fingerprint density at radius 1 is 1.57 bits per heavy atom. The van der Waals surface area contributed by atoms with Gasteiger partial charge in [-0.25, -0.2) is 0 Å². The second kappa shape index (κ2) is 7.45. The van der Waals surface area contributed by atoms with E-state index in [1.807, 2.05) is 6.07 Å². The second-order valence-electron chi connectivity index (χ2n) is 4.27. The Bertz CT molecular complexity index is 598. The summed E-state index contributed by atoms with van der Waals surface area (Å²) in [6.45, 7) is 2.50. The molecule has 0 aliphatic rings. The lowest BCUT2D eigenvalue weighted by Crippen LogP contribution is -2.27. The Balaban J connectivity index is 3.18. The number of hydrogen-bond donors (Lipinski definition) is 1. The van der Waals surface area contributed by atoms with E-state index in [1.54, 1.807) is 6.92 Å². The quantitative estimate of drug-likeness (QED) is 0.643. The fourth-order valence-corrected chi connectivity index (χ4v) is 2.03. The van der Waals surface area contributed by atoms with Gasteiger partial charge in [-0.15, -0.1) is 0 Å². The molecule has 1 N–H and O–H groups in total. The van der Waals surface area contributed by atoms with Gasteiger partial charge in [-0.1, -0.05) is 11.6 Å². The highest BCUT2D eigenvalue weighted by Crippen LogP contribution is 2.34. The third-order valence-corrected chi connectivity index (χ3v) is 3.07. The van der Waals surface area contributed by atoms with Crippen LogP contribution >= 0.6 is 11.6 Å². The average molecular weight is 311 g/mol. The van der Waals surface area contributed by atoms with Gasteiger partial charge in [-0.2, -0.15) is 5.26 Å². The Hall–Kier alpha value is -2.33. The molecule has 1 rings (SSSR count). The highest BCUT2D eigenvalue weighted by atomic mass is 35.5. The van der Waals surface area contributed by atoms with Gasteiger partial charge in [0.25, 0.3) is 11.6 Å². The van der Waals surface area contributed by atoms with E-state index in [-0.39, 0.29) is 34.9 Å². The van der Waals surface area contributed by atoms with Crippen LogP contribution in [0.3, 0.4) is 0 Å². The summed E-state index contributed by atoms with van der Waals surface area (Å²) in [5.41, 5.74) is 0.0653. The van der Waals surface area contributed by atoms with Gasteiger partial charge in [0.05, 0.1) is 22.4 Å². The molecular formula is C13H15ClN4O3. The van der Waals surface area contributed by atoms with Crippen molar-refractivity contribution < 1.29 is 9.72 Å². The summed E-state index contributed by atoms with van der Waals surface area (Å²) in [6, 6.07) is 4.51. The zero-order valence-electron chi connectivity index (χ0n) is 11.7. The van der Waals surface area contributed by atoms with E-state index < -0.39 is 10.8 Å². The molecule has 0 unspecified atom stereocenters. The Labute approximate surface area is 127 Å². The number of anilines is 1. The van der Waals surface area contributed by atoms with Crippen molar-refractivity contribution in [2.75, 3.05) is 25.5 Å². The lowest BCUT2D eigenvalue weighted by Gasteiger charge is -2.16. The molecule has 7 nitrogen and oxygen atoms in total. The van der Waals surface area contributed by atoms with Crippen LogP contribution in [0.15, 0.2) is 12.1 Å². The smallest absolute Gasteiger partial charge is 0.294 e. The van der Waals surface area contributed by atoms with Crippen LogP contribution in [0.2, 0.25) is 5.02 Å². The van der Waals surface area contributed by atoms with Crippen LogP contribution in [-0.2, 0) is 0 Å². The highest BCUT2D eigenvalue weighted by Gasteiger charge is 2.22. The molecule has 0 heterocycles. The molecule has 0 saturated heterocycles. The summed E-state index contributed by atoms with van der Waals surface area (Å²) < 4.78 is 0. The monoisotopic (exact) mass is 310 g/mol. The molecule has 21 heavy (non-hydrogen) atoms. The van der Waals surface area contributed by atoms with Crippen molar-refractivity contribution in [3.63, 3.8) is 0 Å². The predicted octanol–water partition coefficient (Wildman–Crippen LogP) is 2.67. The maximum atomic E-state index is 12.2. The summed E-state index contributed by atoms with van der Waals surface area (Å²) in [4.78, 5) is 24.0. The van der Waals surface area contributed by atoms with Crippen molar-refractivity contribution in [3.8, 4) is 6.07 Å². The predicted molar refractivity (Wildman–Crippen MR) is 79.5 cm³/mol. The summed E-state index contributed by atoms with van der Waals surface area (Å²) in [5, 5.41) is 22.5. The van der Waals surface area contributed by atoms with Crippen molar-refractivity contribution in [1.82, 2.24) is 4.90 Å². The van der Waals surface area contributed by atoms with Crippen LogP contribution in [-0.4, -0.2) is 35.9 Å². The summed E-state index contributed by atoms with van der Waals surface area (Å²) in [5.74, 6) is -0.418. The van der Waals surface area contributed by atoms with Crippen LogP contribution < -0.4 is 5.32 Å². The number of rotatable bonds is 6. The summed E-state index contributed by atoms with van der Waals surface area (Å²) >= 11 is 6.02. The van der Waals surface area contributed by atoms with Gasteiger partial charge in [-0.05, 0) is 13.0 Å². The first kappa shape index (κ1) is 16.7. The number of nitrogens with one attached hydrogen (secondary N) is 1. The van der Waals surface area contributed by atoms with Crippen molar-refractivity contribution in [1.29, 1.82) is 5.26 Å². The first-order chi connectivity index (χ1) is 9.92. The number of nitro groups is 1. The minimum Gasteiger partial charge on any atom is -0.379 e. The third-order valence-electron chi connectivity index (χ3n) is 2.77. The lowest BCUT2D eigenvalue weighted by atomic mass is 10.1. The molecule has 1 amide bonds. The van der Waals surface area contributed by atoms with Gasteiger partial charge in [0.2, 0.25) is 0 Å². The number of carbonyl (C=O) groups is 1. The van der Waals surface area contributed by atoms with Crippen LogP contribution in [0.4, 0.5) is 11.4 Å². The topological polar surface area (TPSA) is 99.3 Å². The first-order valence-corrected chi connectivity index (χ1v) is 6.64. The summed E-state index contributed by atoms with van der Waals surface area (Å²) in [6.07, 6.45) is 0.188. The normalized spacial score (nSPS) is 9.81. The Kier molecular flexibility index (Phi) is 5.93. The number of amides is 1. The van der Waals surface area contributed by atoms with E-state index in [2.05, 4.69) is 5.32 Å². The number of nitriles is 1. The summed E-state index contributed by atoms with van der Waals surface area (Å²) in [7, 11) is 1.53. The van der Waals surface area contributed by atoms with Gasteiger partial charge in [0, 0.05) is 31.8 Å². The third kappa shape index (κ3) is 4.07. The van der Waals surface area contributed by atoms with Crippen molar-refractivity contribution in [2.45, 2.75) is 13.3 Å². The van der Waals surface area contributed by atoms with Crippen molar-refractivity contribution in [2.24, 2.45) is 0 Å². The van der Waals surface area contributed by atoms with Gasteiger partial charge in [0.1, 0.15) is 5.69 Å². The molecule has 0 aliphatic carbocycles. The molecule has 1 aromatic rings. The van der Waals surface area contributed by atoms with Crippen LogP contribution in [0, 0.1) is 21.4 Å². The average Bonchev–Trinajstić information content (AvgIpc) is 2.45. The molecule has 0 aliphatic heterocycles. The van der Waals surface area contributed by atoms with E-state index in [4.69, 9.17) is 16.9 Å². The minimum atomic E-state index is -0.587. The number of nitro benzene ring substituents is 1. The molecule has 1 aromatic carbocycles. The lowest BCUT2D eigenvalue weighted by molar-refractivity contribution is -0.384. The van der Waals surface area contributed by atoms with E-state index in [1.165, 1.54) is 24.1 Å². The number of nitrogens with zero attached hydrogens (tertiary/aromatic N) is 3. The molecule has 8 heteroatoms. The largest absolute Gasteiger partial charge is 0.379 e. The van der Waals surface area contributed by atoms with Crippen LogP contribution in [0.25, 0.3) is 0 Å². The van der Waals surface area contributed by atoms with Crippen LogP contribution in [0.1, 0.15) is 23.7 Å². The zero-order chi connectivity index (χ0) is 16.0. The van der Waals surface area contributed by atoms with E-state index in [9.17, 15) is 14.9 Å². The van der Waals surface area contributed by atoms with E-state index >= 15 is 0 Å². The fourth-order valence-electron chi connectivity index (χ4n) is 1.75. The maximum absolute atomic E-state index is 12.2. The van der Waals surface area contributed by atoms with Crippen molar-refractivity contribution in [3.05, 3.63) is 32.8 Å². The maximum Gasteiger partial charge on any atom is 0.294 e. The van der Waals surface area contributed by atoms with Gasteiger partial charge >= 0.3 is 0 Å². The number of carbonyl (C=O) groups excluding carboxylic acids is 1. The standard InChI is InChI=1S/C13H15ClN4O3/c1-3-16-12-10(14)7-9(8-11(12)18(20)21)13(19)17(2)6-4-5-15/h7-8,16H,3-4,6H2,1-2H3. The van der Waals surface area contributed by atoms with Crippen molar-refractivity contribution >= 4 is 28.9 Å². The Morgan fingerprint density at radius 2 is 2.24 bits per heavy atom. The van der Waals surface area contributed by atoms with Gasteiger partial charge in [0.15, 0.2) is 0 Å². The molecule has 0 saturated carbocycles. The second-order valence-corrected chi connectivity index (χ2v) is 4.68. The Morgan fingerprint density at radius 3 is 2.76 bits per heavy atom. The number of hydrogen-bond acceptors (Lipinski definition) is 5. The molecule has 0 spiro atoms. The number of halogens is 1. The fraction of sp³-hybridized carbons (Fsp3) is 0.385. The van der Waals surface area contributed by atoms with E-state index in [0.29, 0.717) is 6.54 Å². The number of benzene rings is 1. The van der Waals surface area contributed by atoms with E-state index in [0.717, 1.165) is 0 Å².